The van der Waals surface area contributed by atoms with Gasteiger partial charge in [0.15, 0.2) is 0 Å². The second kappa shape index (κ2) is 3.95. The van der Waals surface area contributed by atoms with Gasteiger partial charge in [0, 0.05) is 0 Å². The normalized spacial score (nSPS) is 9.77. The number of ether oxygens (including phenoxy) is 1. The van der Waals surface area contributed by atoms with E-state index in [0.717, 1.165) is 16.9 Å². The summed E-state index contributed by atoms with van der Waals surface area (Å²) < 4.78 is 5.10. The van der Waals surface area contributed by atoms with Crippen LogP contribution in [0.25, 0.3) is 0 Å². The van der Waals surface area contributed by atoms with E-state index < -0.39 is 0 Å². The minimum atomic E-state index is 0.352. The number of rotatable bonds is 2. The topological polar surface area (TPSA) is 33.0 Å². The summed E-state index contributed by atoms with van der Waals surface area (Å²) in [6, 6.07) is 7.70. The van der Waals surface area contributed by atoms with Crippen LogP contribution < -0.4 is 4.74 Å². The molecule has 1 aromatic rings. The first kappa shape index (κ1) is 9.60. The minimum Gasteiger partial charge on any atom is -0.497 e. The lowest BCUT2D eigenvalue weighted by Crippen LogP contribution is -1.94. The van der Waals surface area contributed by atoms with Crippen LogP contribution in [-0.4, -0.2) is 7.11 Å². The van der Waals surface area contributed by atoms with Crippen molar-refractivity contribution < 1.29 is 4.74 Å². The van der Waals surface area contributed by atoms with Crippen LogP contribution >= 0.6 is 0 Å². The zero-order valence-corrected chi connectivity index (χ0v) is 8.16. The van der Waals surface area contributed by atoms with Gasteiger partial charge in [-0.3, -0.25) is 0 Å². The molecule has 0 saturated carbocycles. The van der Waals surface area contributed by atoms with Crippen LogP contribution in [0.4, 0.5) is 0 Å². The summed E-state index contributed by atoms with van der Waals surface area (Å²) >= 11 is 0. The van der Waals surface area contributed by atoms with Crippen molar-refractivity contribution in [2.24, 2.45) is 0 Å². The highest BCUT2D eigenvalue weighted by atomic mass is 16.5. The van der Waals surface area contributed by atoms with Gasteiger partial charge >= 0.3 is 0 Å². The highest BCUT2D eigenvalue weighted by Crippen LogP contribution is 2.23. The quantitative estimate of drug-likeness (QED) is 0.692. The van der Waals surface area contributed by atoms with E-state index in [4.69, 9.17) is 10.00 Å². The molecule has 0 N–H and O–H groups in total. The molecule has 1 aromatic carbocycles. The molecule has 0 amide bonds. The smallest absolute Gasteiger partial charge is 0.119 e. The Hall–Kier alpha value is -1.49. The van der Waals surface area contributed by atoms with E-state index in [2.05, 4.69) is 19.9 Å². The Kier molecular flexibility index (Phi) is 2.92. The fourth-order valence-corrected chi connectivity index (χ4v) is 1.25. The van der Waals surface area contributed by atoms with E-state index in [1.165, 1.54) is 0 Å². The van der Waals surface area contributed by atoms with E-state index >= 15 is 0 Å². The number of methoxy groups -OCH3 is 1. The van der Waals surface area contributed by atoms with Gasteiger partial charge in [-0.05, 0) is 29.7 Å². The largest absolute Gasteiger partial charge is 0.497 e. The van der Waals surface area contributed by atoms with Crippen LogP contribution in [0.15, 0.2) is 18.2 Å². The van der Waals surface area contributed by atoms with Gasteiger partial charge < -0.3 is 4.74 Å². The molecule has 68 valence electrons. The van der Waals surface area contributed by atoms with Crippen molar-refractivity contribution in [2.45, 2.75) is 19.8 Å². The zero-order chi connectivity index (χ0) is 9.84. The third kappa shape index (κ3) is 2.00. The monoisotopic (exact) mass is 175 g/mol. The van der Waals surface area contributed by atoms with Gasteiger partial charge in [0.05, 0.1) is 18.7 Å². The SMILES string of the molecule is COc1ccc(C#N)c(C(C)C)c1. The number of hydrogen-bond acceptors (Lipinski definition) is 2. The van der Waals surface area contributed by atoms with Crippen molar-refractivity contribution in [1.29, 1.82) is 5.26 Å². The molecule has 0 aliphatic heterocycles. The molecule has 2 nitrogen and oxygen atoms in total. The van der Waals surface area contributed by atoms with E-state index in [1.807, 2.05) is 12.1 Å². The molecule has 2 heteroatoms. The molecule has 0 saturated heterocycles. The maximum absolute atomic E-state index is 8.84. The molecular weight excluding hydrogens is 162 g/mol. The third-order valence-electron chi connectivity index (χ3n) is 2.00. The van der Waals surface area contributed by atoms with E-state index in [1.54, 1.807) is 13.2 Å². The molecule has 0 fully saturated rings. The fraction of sp³-hybridized carbons (Fsp3) is 0.364. The molecule has 0 bridgehead atoms. The Morgan fingerprint density at radius 1 is 1.38 bits per heavy atom. The molecule has 0 unspecified atom stereocenters. The number of hydrogen-bond donors (Lipinski definition) is 0. The third-order valence-corrected chi connectivity index (χ3v) is 2.00. The van der Waals surface area contributed by atoms with E-state index in [0.29, 0.717) is 5.92 Å². The molecular formula is C11H13NO. The number of nitrogens with zero attached hydrogens (tertiary/aromatic N) is 1. The van der Waals surface area contributed by atoms with Crippen molar-refractivity contribution >= 4 is 0 Å². The Labute approximate surface area is 78.8 Å². The summed E-state index contributed by atoms with van der Waals surface area (Å²) in [4.78, 5) is 0. The van der Waals surface area contributed by atoms with Crippen LogP contribution in [-0.2, 0) is 0 Å². The summed E-state index contributed by atoms with van der Waals surface area (Å²) in [5.74, 6) is 1.16. The number of benzene rings is 1. The lowest BCUT2D eigenvalue weighted by atomic mass is 9.98. The van der Waals surface area contributed by atoms with Gasteiger partial charge in [0.25, 0.3) is 0 Å². The van der Waals surface area contributed by atoms with Crippen molar-refractivity contribution in [1.82, 2.24) is 0 Å². The van der Waals surface area contributed by atoms with Crippen LogP contribution in [0.2, 0.25) is 0 Å². The summed E-state index contributed by atoms with van der Waals surface area (Å²) in [6.45, 7) is 4.13. The minimum absolute atomic E-state index is 0.352. The van der Waals surface area contributed by atoms with Crippen LogP contribution in [0.1, 0.15) is 30.9 Å². The van der Waals surface area contributed by atoms with Gasteiger partial charge in [-0.2, -0.15) is 5.26 Å². The predicted molar refractivity (Wildman–Crippen MR) is 51.8 cm³/mol. The maximum Gasteiger partial charge on any atom is 0.119 e. The molecule has 1 rings (SSSR count). The van der Waals surface area contributed by atoms with Crippen molar-refractivity contribution in [3.63, 3.8) is 0 Å². The number of nitriles is 1. The predicted octanol–water partition coefficient (Wildman–Crippen LogP) is 2.69. The summed E-state index contributed by atoms with van der Waals surface area (Å²) in [7, 11) is 1.63. The van der Waals surface area contributed by atoms with Crippen LogP contribution in [0.5, 0.6) is 5.75 Å². The van der Waals surface area contributed by atoms with Crippen LogP contribution in [0.3, 0.4) is 0 Å². The highest BCUT2D eigenvalue weighted by Gasteiger charge is 2.06. The summed E-state index contributed by atoms with van der Waals surface area (Å²) in [5.41, 5.74) is 1.78. The van der Waals surface area contributed by atoms with Gasteiger partial charge in [-0.25, -0.2) is 0 Å². The first-order valence-electron chi connectivity index (χ1n) is 4.27. The average molecular weight is 175 g/mol. The van der Waals surface area contributed by atoms with E-state index in [9.17, 15) is 0 Å². The maximum atomic E-state index is 8.84. The Bertz CT molecular complexity index is 336. The highest BCUT2D eigenvalue weighted by molar-refractivity contribution is 5.44. The second-order valence-electron chi connectivity index (χ2n) is 3.22. The first-order valence-corrected chi connectivity index (χ1v) is 4.27. The zero-order valence-electron chi connectivity index (χ0n) is 8.16. The van der Waals surface area contributed by atoms with Gasteiger partial charge in [-0.1, -0.05) is 13.8 Å². The van der Waals surface area contributed by atoms with Crippen molar-refractivity contribution in [3.8, 4) is 11.8 Å². The molecule has 0 heterocycles. The fourth-order valence-electron chi connectivity index (χ4n) is 1.25. The molecule has 0 atom stereocenters. The Balaban J connectivity index is 3.20. The average Bonchev–Trinajstić information content (AvgIpc) is 2.16. The van der Waals surface area contributed by atoms with Crippen molar-refractivity contribution in [3.05, 3.63) is 29.3 Å². The van der Waals surface area contributed by atoms with Gasteiger partial charge in [0.2, 0.25) is 0 Å². The Morgan fingerprint density at radius 3 is 2.54 bits per heavy atom. The van der Waals surface area contributed by atoms with E-state index in [-0.39, 0.29) is 0 Å². The van der Waals surface area contributed by atoms with Crippen molar-refractivity contribution in [2.75, 3.05) is 7.11 Å². The lowest BCUT2D eigenvalue weighted by molar-refractivity contribution is 0.414. The van der Waals surface area contributed by atoms with Crippen LogP contribution in [0, 0.1) is 11.3 Å². The summed E-state index contributed by atoms with van der Waals surface area (Å²) in [5, 5.41) is 8.84. The van der Waals surface area contributed by atoms with Gasteiger partial charge in [-0.15, -0.1) is 0 Å². The first-order chi connectivity index (χ1) is 6.19. The Morgan fingerprint density at radius 2 is 2.08 bits per heavy atom. The molecule has 0 spiro atoms. The second-order valence-corrected chi connectivity index (χ2v) is 3.22. The molecule has 0 aromatic heterocycles. The summed E-state index contributed by atoms with van der Waals surface area (Å²) in [6.07, 6.45) is 0. The standard InChI is InChI=1S/C11H13NO/c1-8(2)11-6-10(13-3)5-4-9(11)7-12/h4-6,8H,1-3H3. The van der Waals surface area contributed by atoms with Gasteiger partial charge in [0.1, 0.15) is 5.75 Å². The molecule has 0 aliphatic carbocycles. The molecule has 13 heavy (non-hydrogen) atoms. The molecule has 0 radical (unpaired) electrons. The lowest BCUT2D eigenvalue weighted by Gasteiger charge is -2.09. The molecule has 0 aliphatic rings.